The van der Waals surface area contributed by atoms with E-state index in [-0.39, 0.29) is 35.9 Å². The van der Waals surface area contributed by atoms with Crippen molar-refractivity contribution in [2.75, 3.05) is 12.9 Å². The van der Waals surface area contributed by atoms with Crippen LogP contribution in [0.25, 0.3) is 0 Å². The van der Waals surface area contributed by atoms with Gasteiger partial charge < -0.3 is 14.8 Å². The van der Waals surface area contributed by atoms with Crippen LogP contribution in [0.2, 0.25) is 0 Å². The van der Waals surface area contributed by atoms with Crippen LogP contribution in [-0.2, 0) is 32.1 Å². The molecule has 0 radical (unpaired) electrons. The molecule has 1 N–H and O–H groups in total. The smallest absolute Gasteiger partial charge is 0.355 e. The molecular formula is C22H22N2O5S2. The first-order valence-corrected chi connectivity index (χ1v) is 11.7. The van der Waals surface area contributed by atoms with Crippen molar-refractivity contribution in [1.82, 2.24) is 10.2 Å². The number of benzene rings is 1. The highest BCUT2D eigenvalue weighted by Crippen LogP contribution is 2.40. The Labute approximate surface area is 188 Å². The fourth-order valence-corrected chi connectivity index (χ4v) is 5.49. The van der Waals surface area contributed by atoms with Crippen molar-refractivity contribution in [1.29, 1.82) is 0 Å². The zero-order chi connectivity index (χ0) is 22.0. The Kier molecular flexibility index (Phi) is 6.33. The first-order valence-electron chi connectivity index (χ1n) is 9.74. The molecular weight excluding hydrogens is 436 g/mol. The first kappa shape index (κ1) is 21.5. The summed E-state index contributed by atoms with van der Waals surface area (Å²) in [5.41, 5.74) is 1.89. The molecule has 162 valence electrons. The molecule has 2 atom stereocenters. The van der Waals surface area contributed by atoms with Gasteiger partial charge in [0.05, 0.1) is 13.5 Å². The van der Waals surface area contributed by atoms with Crippen LogP contribution in [0.1, 0.15) is 17.4 Å². The topological polar surface area (TPSA) is 84.9 Å². The van der Waals surface area contributed by atoms with Gasteiger partial charge in [-0.3, -0.25) is 14.5 Å². The molecule has 1 aromatic heterocycles. The van der Waals surface area contributed by atoms with Crippen LogP contribution in [0.15, 0.2) is 53.0 Å². The number of carbonyl (C=O) groups is 3. The molecule has 3 heterocycles. The minimum atomic E-state index is -0.630. The Morgan fingerprint density at radius 3 is 2.68 bits per heavy atom. The number of carbonyl (C=O) groups excluding carboxylic acids is 3. The number of nitrogens with zero attached hydrogens (tertiary/aromatic N) is 1. The number of β-lactam (4-membered cyclic amide) rings is 1. The van der Waals surface area contributed by atoms with E-state index in [1.165, 1.54) is 28.0 Å². The molecule has 0 aliphatic carbocycles. The van der Waals surface area contributed by atoms with Crippen LogP contribution in [-0.4, -0.2) is 47.0 Å². The highest BCUT2D eigenvalue weighted by molar-refractivity contribution is 8.00. The van der Waals surface area contributed by atoms with Crippen molar-refractivity contribution in [3.8, 4) is 5.75 Å². The summed E-state index contributed by atoms with van der Waals surface area (Å²) in [6, 6.07) is 10.4. The van der Waals surface area contributed by atoms with E-state index < -0.39 is 12.0 Å². The number of thioether (sulfide) groups is 1. The number of thiophene rings is 1. The highest BCUT2D eigenvalue weighted by Gasteiger charge is 2.53. The zero-order valence-corrected chi connectivity index (χ0v) is 18.8. The maximum atomic E-state index is 12.8. The second-order valence-corrected chi connectivity index (χ2v) is 9.40. The quantitative estimate of drug-likeness (QED) is 0.507. The number of nitrogens with one attached hydrogen (secondary N) is 1. The first-order chi connectivity index (χ1) is 15.0. The molecule has 1 aromatic carbocycles. The molecule has 1 unspecified atom stereocenters. The maximum absolute atomic E-state index is 12.8. The number of rotatable bonds is 7. The minimum Gasteiger partial charge on any atom is -0.497 e. The number of hydrogen-bond acceptors (Lipinski definition) is 7. The molecule has 4 rings (SSSR count). The van der Waals surface area contributed by atoms with Gasteiger partial charge in [-0.25, -0.2) is 4.79 Å². The lowest BCUT2D eigenvalue weighted by Crippen LogP contribution is -2.70. The van der Waals surface area contributed by atoms with Gasteiger partial charge in [-0.1, -0.05) is 18.2 Å². The van der Waals surface area contributed by atoms with Crippen molar-refractivity contribution in [3.05, 3.63) is 63.5 Å². The Morgan fingerprint density at radius 1 is 1.23 bits per heavy atom. The largest absolute Gasteiger partial charge is 0.497 e. The summed E-state index contributed by atoms with van der Waals surface area (Å²) in [6.45, 7) is 1.92. The van der Waals surface area contributed by atoms with Gasteiger partial charge in [0.2, 0.25) is 5.91 Å². The van der Waals surface area contributed by atoms with Crippen LogP contribution < -0.4 is 10.1 Å². The van der Waals surface area contributed by atoms with Gasteiger partial charge in [-0.05, 0) is 41.6 Å². The number of ether oxygens (including phenoxy) is 2. The Bertz CT molecular complexity index is 1020. The summed E-state index contributed by atoms with van der Waals surface area (Å²) < 4.78 is 10.6. The molecule has 9 heteroatoms. The van der Waals surface area contributed by atoms with Crippen LogP contribution in [0.4, 0.5) is 0 Å². The molecule has 0 bridgehead atoms. The second-order valence-electron chi connectivity index (χ2n) is 7.26. The summed E-state index contributed by atoms with van der Waals surface area (Å²) in [7, 11) is 1.59. The van der Waals surface area contributed by atoms with E-state index in [4.69, 9.17) is 9.47 Å². The van der Waals surface area contributed by atoms with Gasteiger partial charge in [0.15, 0.2) is 0 Å². The summed E-state index contributed by atoms with van der Waals surface area (Å²) >= 11 is 3.04. The molecule has 2 aromatic rings. The summed E-state index contributed by atoms with van der Waals surface area (Å²) in [5, 5.41) is 4.43. The third-order valence-electron chi connectivity index (χ3n) is 5.11. The van der Waals surface area contributed by atoms with Gasteiger partial charge in [0.25, 0.3) is 5.91 Å². The fourth-order valence-electron chi connectivity index (χ4n) is 3.50. The zero-order valence-electron chi connectivity index (χ0n) is 17.1. The lowest BCUT2D eigenvalue weighted by Gasteiger charge is -2.49. The molecule has 2 amide bonds. The number of fused-ring (bicyclic) bond motifs is 1. The monoisotopic (exact) mass is 458 g/mol. The number of methoxy groups -OCH3 is 1. The fraction of sp³-hybridized carbons (Fsp3) is 0.318. The van der Waals surface area contributed by atoms with Crippen molar-refractivity contribution < 1.29 is 23.9 Å². The molecule has 2 aliphatic rings. The third kappa shape index (κ3) is 4.47. The maximum Gasteiger partial charge on any atom is 0.355 e. The predicted octanol–water partition coefficient (Wildman–Crippen LogP) is 2.72. The lowest BCUT2D eigenvalue weighted by molar-refractivity contribution is -0.153. The van der Waals surface area contributed by atoms with Crippen LogP contribution in [0.3, 0.4) is 0 Å². The Balaban J connectivity index is 1.38. The molecule has 7 nitrogen and oxygen atoms in total. The van der Waals surface area contributed by atoms with Crippen molar-refractivity contribution >= 4 is 40.9 Å². The average Bonchev–Trinajstić information content (AvgIpc) is 3.29. The molecule has 2 aliphatic heterocycles. The van der Waals surface area contributed by atoms with Gasteiger partial charge in [-0.2, -0.15) is 0 Å². The van der Waals surface area contributed by atoms with Crippen LogP contribution in [0, 0.1) is 0 Å². The van der Waals surface area contributed by atoms with Crippen molar-refractivity contribution in [2.24, 2.45) is 0 Å². The molecule has 1 fully saturated rings. The van der Waals surface area contributed by atoms with Gasteiger partial charge in [0, 0.05) is 10.6 Å². The van der Waals surface area contributed by atoms with Crippen LogP contribution in [0.5, 0.6) is 5.75 Å². The van der Waals surface area contributed by atoms with E-state index in [9.17, 15) is 14.4 Å². The average molecular weight is 459 g/mol. The van der Waals surface area contributed by atoms with E-state index in [2.05, 4.69) is 5.32 Å². The van der Waals surface area contributed by atoms with Gasteiger partial charge >= 0.3 is 5.97 Å². The normalized spacial score (nSPS) is 20.1. The van der Waals surface area contributed by atoms with Crippen molar-refractivity contribution in [3.63, 3.8) is 0 Å². The van der Waals surface area contributed by atoms with E-state index in [1.54, 1.807) is 19.2 Å². The summed E-state index contributed by atoms with van der Waals surface area (Å²) in [4.78, 5) is 40.3. The lowest BCUT2D eigenvalue weighted by atomic mass is 10.0. The molecule has 31 heavy (non-hydrogen) atoms. The molecule has 0 saturated carbocycles. The number of esters is 1. The molecule has 0 spiro atoms. The van der Waals surface area contributed by atoms with E-state index in [0.717, 1.165) is 21.8 Å². The Morgan fingerprint density at radius 2 is 2.00 bits per heavy atom. The SMILES string of the molecule is COc1ccc(COC(=O)C2=C(C)CS[C@H]3C(NC(=O)Cc4cccs4)C(=O)N23)cc1. The molecule has 1 saturated heterocycles. The van der Waals surface area contributed by atoms with Gasteiger partial charge in [-0.15, -0.1) is 23.1 Å². The van der Waals surface area contributed by atoms with Crippen LogP contribution >= 0.6 is 23.1 Å². The summed E-state index contributed by atoms with van der Waals surface area (Å²) in [5.74, 6) is 0.302. The van der Waals surface area contributed by atoms with E-state index in [0.29, 0.717) is 5.75 Å². The summed E-state index contributed by atoms with van der Waals surface area (Å²) in [6.07, 6.45) is 0.241. The standard InChI is InChI=1S/C22H22N2O5S2/c1-13-12-31-21-18(23-17(25)10-16-4-3-9-30-16)20(26)24(21)19(13)22(27)29-11-14-5-7-15(28-2)8-6-14/h3-9,18,21H,10-12H2,1-2H3,(H,23,25)/t18?,21-/m0/s1. The Hall–Kier alpha value is -2.78. The van der Waals surface area contributed by atoms with E-state index >= 15 is 0 Å². The third-order valence-corrected chi connectivity index (χ3v) is 7.41. The highest BCUT2D eigenvalue weighted by atomic mass is 32.2. The second kappa shape index (κ2) is 9.15. The number of amides is 2. The van der Waals surface area contributed by atoms with Gasteiger partial charge in [0.1, 0.15) is 29.5 Å². The van der Waals surface area contributed by atoms with E-state index in [1.807, 2.05) is 36.6 Å². The van der Waals surface area contributed by atoms with Crippen molar-refractivity contribution in [2.45, 2.75) is 31.4 Å². The number of hydrogen-bond donors (Lipinski definition) is 1. The predicted molar refractivity (Wildman–Crippen MR) is 119 cm³/mol. The minimum absolute atomic E-state index is 0.0976.